The number of aliphatic imine (C=N–C) groups is 1. The van der Waals surface area contributed by atoms with E-state index in [0.29, 0.717) is 13.1 Å². The third kappa shape index (κ3) is 6.52. The average molecular weight is 385 g/mol. The van der Waals surface area contributed by atoms with Crippen molar-refractivity contribution in [3.63, 3.8) is 0 Å². The summed E-state index contributed by atoms with van der Waals surface area (Å²) in [6.07, 6.45) is 2.09. The third-order valence-electron chi connectivity index (χ3n) is 4.27. The van der Waals surface area contributed by atoms with Crippen LogP contribution in [0.5, 0.6) is 0 Å². The molecule has 2 N–H and O–H groups in total. The van der Waals surface area contributed by atoms with Crippen LogP contribution in [0.4, 0.5) is 0 Å². The average Bonchev–Trinajstić information content (AvgIpc) is 2.60. The summed E-state index contributed by atoms with van der Waals surface area (Å²) in [7, 11) is -1.05. The molecule has 0 bridgehead atoms. The first-order valence-electron chi connectivity index (χ1n) is 8.44. The molecule has 1 aromatic carbocycles. The van der Waals surface area contributed by atoms with Gasteiger partial charge in [-0.3, -0.25) is 9.89 Å². The van der Waals surface area contributed by atoms with E-state index in [1.807, 2.05) is 0 Å². The van der Waals surface area contributed by atoms with E-state index in [9.17, 15) is 8.42 Å². The Hall–Kier alpha value is -1.25. The fourth-order valence-corrected chi connectivity index (χ4v) is 4.69. The molecular weight excluding hydrogens is 356 g/mol. The van der Waals surface area contributed by atoms with Gasteiger partial charge in [-0.05, 0) is 30.4 Å². The maximum atomic E-state index is 11.4. The molecule has 1 saturated heterocycles. The summed E-state index contributed by atoms with van der Waals surface area (Å²) in [5, 5.41) is 6.64. The van der Waals surface area contributed by atoms with Crippen molar-refractivity contribution in [1.29, 1.82) is 0 Å². The van der Waals surface area contributed by atoms with Gasteiger partial charge in [-0.15, -0.1) is 11.8 Å². The molecule has 0 amide bonds. The second kappa shape index (κ2) is 9.45. The zero-order valence-corrected chi connectivity index (χ0v) is 16.8. The van der Waals surface area contributed by atoms with E-state index in [-0.39, 0.29) is 11.5 Å². The molecule has 2 rings (SSSR count). The lowest BCUT2D eigenvalue weighted by atomic mass is 10.1. The van der Waals surface area contributed by atoms with Crippen LogP contribution in [0.1, 0.15) is 11.1 Å². The van der Waals surface area contributed by atoms with Crippen LogP contribution in [0.2, 0.25) is 0 Å². The Bertz CT molecular complexity index is 691. The first-order chi connectivity index (χ1) is 11.9. The Morgan fingerprint density at radius 3 is 2.64 bits per heavy atom. The highest BCUT2D eigenvalue weighted by Gasteiger charge is 2.20. The van der Waals surface area contributed by atoms with Gasteiger partial charge in [-0.25, -0.2) is 8.42 Å². The van der Waals surface area contributed by atoms with Gasteiger partial charge in [0.1, 0.15) is 0 Å². The Morgan fingerprint density at radius 1 is 1.28 bits per heavy atom. The fraction of sp³-hybridized carbons (Fsp3) is 0.588. The summed E-state index contributed by atoms with van der Waals surface area (Å²) < 4.78 is 22.9. The normalized spacial score (nSPS) is 18.1. The van der Waals surface area contributed by atoms with Gasteiger partial charge in [0.15, 0.2) is 15.8 Å². The van der Waals surface area contributed by atoms with E-state index in [4.69, 9.17) is 0 Å². The molecule has 0 spiro atoms. The molecule has 0 saturated carbocycles. The summed E-state index contributed by atoms with van der Waals surface area (Å²) >= 11 is 1.75. The van der Waals surface area contributed by atoms with Crippen molar-refractivity contribution in [3.8, 4) is 0 Å². The van der Waals surface area contributed by atoms with Crippen LogP contribution >= 0.6 is 11.8 Å². The molecule has 1 aromatic rings. The SMILES string of the molecule is CN=C(NCCN1CCS(=O)(=O)CC1)NCc1ccc(C)cc1SC. The number of rotatable bonds is 6. The van der Waals surface area contributed by atoms with Crippen molar-refractivity contribution in [2.24, 2.45) is 4.99 Å². The van der Waals surface area contributed by atoms with Gasteiger partial charge < -0.3 is 10.6 Å². The summed E-state index contributed by atoms with van der Waals surface area (Å²) in [6.45, 7) is 5.62. The molecule has 0 atom stereocenters. The molecule has 0 radical (unpaired) electrons. The van der Waals surface area contributed by atoms with Crippen molar-refractivity contribution >= 4 is 27.6 Å². The van der Waals surface area contributed by atoms with E-state index < -0.39 is 9.84 Å². The van der Waals surface area contributed by atoms with E-state index in [1.54, 1.807) is 18.8 Å². The molecule has 6 nitrogen and oxygen atoms in total. The minimum absolute atomic E-state index is 0.269. The van der Waals surface area contributed by atoms with Gasteiger partial charge >= 0.3 is 0 Å². The second-order valence-corrected chi connectivity index (χ2v) is 9.31. The fourth-order valence-electron chi connectivity index (χ4n) is 2.70. The largest absolute Gasteiger partial charge is 0.355 e. The van der Waals surface area contributed by atoms with Crippen LogP contribution in [-0.2, 0) is 16.4 Å². The molecule has 140 valence electrons. The van der Waals surface area contributed by atoms with Gasteiger partial charge in [0.05, 0.1) is 11.5 Å². The highest BCUT2D eigenvalue weighted by Crippen LogP contribution is 2.21. The van der Waals surface area contributed by atoms with E-state index >= 15 is 0 Å². The highest BCUT2D eigenvalue weighted by atomic mass is 32.2. The van der Waals surface area contributed by atoms with Gasteiger partial charge in [0.25, 0.3) is 0 Å². The van der Waals surface area contributed by atoms with Crippen LogP contribution in [0.25, 0.3) is 0 Å². The summed E-state index contributed by atoms with van der Waals surface area (Å²) in [5.74, 6) is 1.30. The molecule has 25 heavy (non-hydrogen) atoms. The Labute approximate surface area is 155 Å². The monoisotopic (exact) mass is 384 g/mol. The molecule has 0 aromatic heterocycles. The van der Waals surface area contributed by atoms with E-state index in [0.717, 1.165) is 25.6 Å². The number of nitrogens with zero attached hydrogens (tertiary/aromatic N) is 2. The molecule has 1 heterocycles. The predicted molar refractivity (Wildman–Crippen MR) is 106 cm³/mol. The predicted octanol–water partition coefficient (Wildman–Crippen LogP) is 1.11. The van der Waals surface area contributed by atoms with Crippen molar-refractivity contribution in [2.45, 2.75) is 18.4 Å². The molecule has 0 unspecified atom stereocenters. The van der Waals surface area contributed by atoms with E-state index in [1.165, 1.54) is 16.0 Å². The van der Waals surface area contributed by atoms with E-state index in [2.05, 4.69) is 51.9 Å². The minimum atomic E-state index is -2.81. The molecular formula is C17H28N4O2S2. The zero-order valence-electron chi connectivity index (χ0n) is 15.2. The topological polar surface area (TPSA) is 73.8 Å². The number of nitrogens with one attached hydrogen (secondary N) is 2. The first kappa shape index (κ1) is 20.1. The Kier molecular flexibility index (Phi) is 7.58. The summed E-state index contributed by atoms with van der Waals surface area (Å²) in [5.41, 5.74) is 2.52. The molecule has 8 heteroatoms. The smallest absolute Gasteiger partial charge is 0.191 e. The first-order valence-corrected chi connectivity index (χ1v) is 11.5. The van der Waals surface area contributed by atoms with Crippen LogP contribution in [-0.4, -0.2) is 70.3 Å². The van der Waals surface area contributed by atoms with Crippen LogP contribution in [0, 0.1) is 6.92 Å². The quantitative estimate of drug-likeness (QED) is 0.435. The molecule has 0 aliphatic carbocycles. The molecule has 1 fully saturated rings. The maximum Gasteiger partial charge on any atom is 0.191 e. The van der Waals surface area contributed by atoms with Gasteiger partial charge in [0.2, 0.25) is 0 Å². The third-order valence-corrected chi connectivity index (χ3v) is 6.70. The zero-order chi connectivity index (χ0) is 18.3. The lowest BCUT2D eigenvalue weighted by molar-refractivity contribution is 0.299. The number of hydrogen-bond donors (Lipinski definition) is 2. The molecule has 1 aliphatic rings. The number of sulfone groups is 1. The Balaban J connectivity index is 1.76. The second-order valence-electron chi connectivity index (χ2n) is 6.16. The van der Waals surface area contributed by atoms with Crippen LogP contribution in [0.3, 0.4) is 0 Å². The molecule has 1 aliphatic heterocycles. The summed E-state index contributed by atoms with van der Waals surface area (Å²) in [6, 6.07) is 6.47. The van der Waals surface area contributed by atoms with Crippen molar-refractivity contribution in [1.82, 2.24) is 15.5 Å². The lowest BCUT2D eigenvalue weighted by Crippen LogP contribution is -2.45. The lowest BCUT2D eigenvalue weighted by Gasteiger charge is -2.26. The van der Waals surface area contributed by atoms with Gasteiger partial charge in [-0.2, -0.15) is 0 Å². The highest BCUT2D eigenvalue weighted by molar-refractivity contribution is 7.98. The number of hydrogen-bond acceptors (Lipinski definition) is 5. The van der Waals surface area contributed by atoms with Crippen molar-refractivity contribution in [3.05, 3.63) is 29.3 Å². The number of thioether (sulfide) groups is 1. The van der Waals surface area contributed by atoms with Gasteiger partial charge in [0, 0.05) is 44.7 Å². The van der Waals surface area contributed by atoms with Crippen LogP contribution in [0.15, 0.2) is 28.1 Å². The maximum absolute atomic E-state index is 11.4. The van der Waals surface area contributed by atoms with Crippen LogP contribution < -0.4 is 10.6 Å². The van der Waals surface area contributed by atoms with Crippen molar-refractivity contribution < 1.29 is 8.42 Å². The number of guanidine groups is 1. The standard InChI is InChI=1S/C17H28N4O2S2/c1-14-4-5-15(16(12-14)24-3)13-20-17(18-2)19-6-7-21-8-10-25(22,23)11-9-21/h4-5,12H,6-11,13H2,1-3H3,(H2,18,19,20). The van der Waals surface area contributed by atoms with Gasteiger partial charge in [-0.1, -0.05) is 12.1 Å². The Morgan fingerprint density at radius 2 is 2.00 bits per heavy atom. The summed E-state index contributed by atoms with van der Waals surface area (Å²) in [4.78, 5) is 7.70. The minimum Gasteiger partial charge on any atom is -0.355 e. The number of benzene rings is 1. The van der Waals surface area contributed by atoms with Crippen molar-refractivity contribution in [2.75, 3.05) is 51.0 Å². The number of aryl methyl sites for hydroxylation is 1.